The van der Waals surface area contributed by atoms with Crippen molar-refractivity contribution >= 4 is 28.8 Å². The SMILES string of the molecule is O=C(NC[C@@H]1COc2ccccc2O1)c1ccccc1CSc1nc2ccccc2o1. The van der Waals surface area contributed by atoms with E-state index in [9.17, 15) is 4.79 Å². The molecule has 0 bridgehead atoms. The van der Waals surface area contributed by atoms with Crippen molar-refractivity contribution in [1.82, 2.24) is 10.3 Å². The third-order valence-electron chi connectivity index (χ3n) is 4.95. The number of hydrogen-bond donors (Lipinski definition) is 1. The minimum absolute atomic E-state index is 0.142. The lowest BCUT2D eigenvalue weighted by atomic mass is 10.1. The minimum atomic E-state index is -0.236. The van der Waals surface area contributed by atoms with Gasteiger partial charge in [0.2, 0.25) is 0 Å². The molecule has 0 saturated carbocycles. The molecule has 0 saturated heterocycles. The number of para-hydroxylation sites is 4. The number of nitrogens with one attached hydrogen (secondary N) is 1. The first-order valence-electron chi connectivity index (χ1n) is 9.99. The van der Waals surface area contributed by atoms with E-state index in [0.717, 1.165) is 22.4 Å². The zero-order chi connectivity index (χ0) is 21.0. The van der Waals surface area contributed by atoms with Crippen LogP contribution in [0.25, 0.3) is 11.1 Å². The molecule has 1 aliphatic heterocycles. The molecule has 3 aromatic carbocycles. The molecule has 7 heteroatoms. The predicted octanol–water partition coefficient (Wildman–Crippen LogP) is 4.69. The standard InChI is InChI=1S/C24H20N2O4S/c27-23(25-13-17-14-28-21-11-5-6-12-22(21)29-17)18-8-2-1-7-16(18)15-31-24-26-19-9-3-4-10-20(19)30-24/h1-12,17H,13-15H2,(H,25,27)/t17-/m1/s1. The number of aromatic nitrogens is 1. The molecule has 1 aromatic heterocycles. The van der Waals surface area contributed by atoms with E-state index in [2.05, 4.69) is 10.3 Å². The maximum Gasteiger partial charge on any atom is 0.257 e. The Labute approximate surface area is 183 Å². The number of carbonyl (C=O) groups is 1. The molecule has 4 aromatic rings. The quantitative estimate of drug-likeness (QED) is 0.446. The number of fused-ring (bicyclic) bond motifs is 2. The van der Waals surface area contributed by atoms with Crippen molar-refractivity contribution in [3.63, 3.8) is 0 Å². The van der Waals surface area contributed by atoms with Crippen LogP contribution in [0, 0.1) is 0 Å². The first-order valence-corrected chi connectivity index (χ1v) is 11.0. The van der Waals surface area contributed by atoms with Crippen LogP contribution in [-0.2, 0) is 5.75 Å². The second kappa shape index (κ2) is 8.73. The maximum absolute atomic E-state index is 12.9. The lowest BCUT2D eigenvalue weighted by Crippen LogP contribution is -2.40. The Kier molecular flexibility index (Phi) is 5.50. The van der Waals surface area contributed by atoms with Gasteiger partial charge in [-0.25, -0.2) is 4.98 Å². The Balaban J connectivity index is 1.22. The summed E-state index contributed by atoms with van der Waals surface area (Å²) in [4.78, 5) is 17.3. The van der Waals surface area contributed by atoms with Gasteiger partial charge in [-0.15, -0.1) is 0 Å². The molecule has 0 aliphatic carbocycles. The fraction of sp³-hybridized carbons (Fsp3) is 0.167. The van der Waals surface area contributed by atoms with Crippen LogP contribution in [0.2, 0.25) is 0 Å². The molecule has 0 radical (unpaired) electrons. The second-order valence-electron chi connectivity index (χ2n) is 7.10. The third-order valence-corrected chi connectivity index (χ3v) is 5.82. The van der Waals surface area contributed by atoms with Crippen molar-refractivity contribution in [2.75, 3.05) is 13.2 Å². The van der Waals surface area contributed by atoms with Gasteiger partial charge in [-0.05, 0) is 35.9 Å². The van der Waals surface area contributed by atoms with Gasteiger partial charge in [-0.2, -0.15) is 0 Å². The van der Waals surface area contributed by atoms with Gasteiger partial charge in [0.15, 0.2) is 17.1 Å². The van der Waals surface area contributed by atoms with Gasteiger partial charge >= 0.3 is 0 Å². The van der Waals surface area contributed by atoms with E-state index in [1.165, 1.54) is 11.8 Å². The number of amides is 1. The normalized spacial score (nSPS) is 15.0. The first-order chi connectivity index (χ1) is 15.3. The van der Waals surface area contributed by atoms with Crippen LogP contribution >= 0.6 is 11.8 Å². The monoisotopic (exact) mass is 432 g/mol. The van der Waals surface area contributed by atoms with Crippen molar-refractivity contribution in [1.29, 1.82) is 0 Å². The molecule has 1 amide bonds. The summed E-state index contributed by atoms with van der Waals surface area (Å²) in [6.45, 7) is 0.756. The summed E-state index contributed by atoms with van der Waals surface area (Å²) in [7, 11) is 0. The van der Waals surface area contributed by atoms with Gasteiger partial charge in [-0.1, -0.05) is 54.2 Å². The van der Waals surface area contributed by atoms with Crippen LogP contribution in [0.5, 0.6) is 11.5 Å². The fourth-order valence-electron chi connectivity index (χ4n) is 3.39. The second-order valence-corrected chi connectivity index (χ2v) is 8.03. The van der Waals surface area contributed by atoms with E-state index in [1.807, 2.05) is 72.8 Å². The molecule has 6 nitrogen and oxygen atoms in total. The van der Waals surface area contributed by atoms with Crippen LogP contribution < -0.4 is 14.8 Å². The fourth-order valence-corrected chi connectivity index (χ4v) is 4.23. The Morgan fingerprint density at radius 3 is 2.68 bits per heavy atom. The summed E-state index contributed by atoms with van der Waals surface area (Å²) in [5.41, 5.74) is 3.13. The number of carbonyl (C=O) groups excluding carboxylic acids is 1. The highest BCUT2D eigenvalue weighted by molar-refractivity contribution is 7.98. The Bertz CT molecular complexity index is 1190. The van der Waals surface area contributed by atoms with Crippen molar-refractivity contribution in [3.8, 4) is 11.5 Å². The molecular formula is C24H20N2O4S. The Morgan fingerprint density at radius 1 is 1.00 bits per heavy atom. The van der Waals surface area contributed by atoms with Gasteiger partial charge < -0.3 is 19.2 Å². The number of oxazole rings is 1. The highest BCUT2D eigenvalue weighted by atomic mass is 32.2. The number of ether oxygens (including phenoxy) is 2. The lowest BCUT2D eigenvalue weighted by molar-refractivity contribution is 0.0789. The van der Waals surface area contributed by atoms with E-state index in [1.54, 1.807) is 0 Å². The van der Waals surface area contributed by atoms with Crippen LogP contribution in [0.1, 0.15) is 15.9 Å². The van der Waals surface area contributed by atoms with Crippen molar-refractivity contribution in [3.05, 3.63) is 83.9 Å². The van der Waals surface area contributed by atoms with Crippen LogP contribution in [0.4, 0.5) is 0 Å². The third kappa shape index (κ3) is 4.36. The summed E-state index contributed by atoms with van der Waals surface area (Å²) in [5.74, 6) is 1.86. The summed E-state index contributed by atoms with van der Waals surface area (Å²) in [6, 6.07) is 22.7. The summed E-state index contributed by atoms with van der Waals surface area (Å²) in [5, 5.41) is 3.55. The highest BCUT2D eigenvalue weighted by Crippen LogP contribution is 2.31. The van der Waals surface area contributed by atoms with Crippen molar-refractivity contribution in [2.45, 2.75) is 17.1 Å². The van der Waals surface area contributed by atoms with Crippen LogP contribution in [0.3, 0.4) is 0 Å². The van der Waals surface area contributed by atoms with E-state index < -0.39 is 0 Å². The van der Waals surface area contributed by atoms with Gasteiger partial charge in [0.05, 0.1) is 6.54 Å². The van der Waals surface area contributed by atoms with Gasteiger partial charge in [0.1, 0.15) is 18.2 Å². The Hall–Kier alpha value is -3.45. The largest absolute Gasteiger partial charge is 0.486 e. The molecule has 1 atom stereocenters. The summed E-state index contributed by atoms with van der Waals surface area (Å²) < 4.78 is 17.4. The number of nitrogens with zero attached hydrogens (tertiary/aromatic N) is 1. The molecule has 0 spiro atoms. The molecule has 0 fully saturated rings. The van der Waals surface area contributed by atoms with Crippen molar-refractivity contribution in [2.24, 2.45) is 0 Å². The molecule has 1 N–H and O–H groups in total. The molecule has 1 aliphatic rings. The van der Waals surface area contributed by atoms with E-state index >= 15 is 0 Å². The van der Waals surface area contributed by atoms with Gasteiger partial charge in [0, 0.05) is 11.3 Å². The topological polar surface area (TPSA) is 73.6 Å². The molecular weight excluding hydrogens is 412 g/mol. The number of hydrogen-bond acceptors (Lipinski definition) is 6. The number of thioether (sulfide) groups is 1. The first kappa shape index (κ1) is 19.5. The maximum atomic E-state index is 12.9. The number of rotatable bonds is 6. The minimum Gasteiger partial charge on any atom is -0.486 e. The molecule has 2 heterocycles. The zero-order valence-corrected chi connectivity index (χ0v) is 17.4. The Morgan fingerprint density at radius 2 is 1.77 bits per heavy atom. The summed E-state index contributed by atoms with van der Waals surface area (Å²) >= 11 is 1.47. The van der Waals surface area contributed by atoms with Crippen LogP contribution in [-0.4, -0.2) is 30.1 Å². The average Bonchev–Trinajstić information content (AvgIpc) is 3.24. The molecule has 31 heavy (non-hydrogen) atoms. The zero-order valence-electron chi connectivity index (χ0n) is 16.6. The van der Waals surface area contributed by atoms with E-state index in [-0.39, 0.29) is 12.0 Å². The smallest absolute Gasteiger partial charge is 0.257 e. The average molecular weight is 433 g/mol. The summed E-state index contributed by atoms with van der Waals surface area (Å²) in [6.07, 6.45) is -0.236. The van der Waals surface area contributed by atoms with Gasteiger partial charge in [0.25, 0.3) is 11.1 Å². The lowest BCUT2D eigenvalue weighted by Gasteiger charge is -2.26. The van der Waals surface area contributed by atoms with Crippen LogP contribution in [0.15, 0.2) is 82.4 Å². The molecule has 0 unspecified atom stereocenters. The predicted molar refractivity (Wildman–Crippen MR) is 119 cm³/mol. The van der Waals surface area contributed by atoms with Gasteiger partial charge in [-0.3, -0.25) is 4.79 Å². The van der Waals surface area contributed by atoms with E-state index in [0.29, 0.717) is 35.4 Å². The molecule has 156 valence electrons. The molecule has 5 rings (SSSR count). The van der Waals surface area contributed by atoms with Crippen molar-refractivity contribution < 1.29 is 18.7 Å². The number of benzene rings is 3. The highest BCUT2D eigenvalue weighted by Gasteiger charge is 2.22. The van der Waals surface area contributed by atoms with E-state index in [4.69, 9.17) is 13.9 Å².